The van der Waals surface area contributed by atoms with Crippen molar-refractivity contribution >= 4 is 11.8 Å². The van der Waals surface area contributed by atoms with E-state index in [1.54, 1.807) is 30.2 Å². The van der Waals surface area contributed by atoms with Crippen molar-refractivity contribution in [3.63, 3.8) is 0 Å². The molecule has 0 spiro atoms. The number of hydrogen-bond acceptors (Lipinski definition) is 5. The molecule has 2 aromatic rings. The molecule has 0 bridgehead atoms. The zero-order valence-corrected chi connectivity index (χ0v) is 22.8. The van der Waals surface area contributed by atoms with Crippen molar-refractivity contribution < 1.29 is 23.5 Å². The first-order valence-corrected chi connectivity index (χ1v) is 13.4. The highest BCUT2D eigenvalue weighted by molar-refractivity contribution is 5.96. The number of primary amides is 1. The number of aliphatic hydroxyl groups is 1. The third-order valence-electron chi connectivity index (χ3n) is 7.11. The van der Waals surface area contributed by atoms with Crippen LogP contribution in [0.1, 0.15) is 51.3 Å². The van der Waals surface area contributed by atoms with Gasteiger partial charge < -0.3 is 26.0 Å². The monoisotopic (exact) mass is 543 g/mol. The van der Waals surface area contributed by atoms with Gasteiger partial charge in [-0.2, -0.15) is 0 Å². The first-order chi connectivity index (χ1) is 18.6. The zero-order chi connectivity index (χ0) is 28.6. The van der Waals surface area contributed by atoms with Crippen molar-refractivity contribution in [1.82, 2.24) is 20.2 Å². The van der Waals surface area contributed by atoms with Crippen LogP contribution in [0.3, 0.4) is 0 Å². The number of allylic oxidation sites excluding steroid dienone is 2. The van der Waals surface area contributed by atoms with Crippen molar-refractivity contribution in [2.24, 2.45) is 17.1 Å². The minimum atomic E-state index is -1.47. The van der Waals surface area contributed by atoms with Crippen molar-refractivity contribution in [3.05, 3.63) is 76.9 Å². The van der Waals surface area contributed by atoms with E-state index in [1.807, 2.05) is 13.8 Å². The van der Waals surface area contributed by atoms with E-state index < -0.39 is 35.0 Å². The van der Waals surface area contributed by atoms with E-state index in [-0.39, 0.29) is 30.9 Å². The third kappa shape index (κ3) is 7.60. The Labute approximate surface area is 228 Å². The summed E-state index contributed by atoms with van der Waals surface area (Å²) in [5, 5.41) is 14.6. The molecule has 0 fully saturated rings. The number of halogens is 2. The van der Waals surface area contributed by atoms with E-state index in [4.69, 9.17) is 5.73 Å². The van der Waals surface area contributed by atoms with Gasteiger partial charge in [0.2, 0.25) is 11.8 Å². The van der Waals surface area contributed by atoms with Crippen LogP contribution in [0.2, 0.25) is 0 Å². The van der Waals surface area contributed by atoms with Crippen LogP contribution >= 0.6 is 0 Å². The molecular formula is C29H39F2N5O3. The molecule has 10 heteroatoms. The van der Waals surface area contributed by atoms with Gasteiger partial charge in [-0.25, -0.2) is 13.8 Å². The van der Waals surface area contributed by atoms with Crippen molar-refractivity contribution in [1.29, 1.82) is 0 Å². The largest absolute Gasteiger partial charge is 0.391 e. The van der Waals surface area contributed by atoms with Gasteiger partial charge in [0, 0.05) is 55.6 Å². The number of nitrogens with one attached hydrogen (secondary N) is 2. The number of nitrogens with two attached hydrogens (primary N) is 1. The Morgan fingerprint density at radius 3 is 2.44 bits per heavy atom. The number of imidazole rings is 1. The average Bonchev–Trinajstić information content (AvgIpc) is 3.39. The Balaban J connectivity index is 1.99. The highest BCUT2D eigenvalue weighted by Crippen LogP contribution is 2.44. The molecule has 39 heavy (non-hydrogen) atoms. The van der Waals surface area contributed by atoms with E-state index in [0.717, 1.165) is 24.6 Å². The van der Waals surface area contributed by atoms with Gasteiger partial charge in [0.1, 0.15) is 11.6 Å². The predicted molar refractivity (Wildman–Crippen MR) is 145 cm³/mol. The summed E-state index contributed by atoms with van der Waals surface area (Å²) < 4.78 is 28.2. The number of benzene rings is 1. The van der Waals surface area contributed by atoms with Crippen LogP contribution in [0.4, 0.5) is 8.78 Å². The number of aliphatic hydroxyl groups excluding tert-OH is 1. The van der Waals surface area contributed by atoms with E-state index >= 15 is 0 Å². The lowest BCUT2D eigenvalue weighted by Crippen LogP contribution is -2.51. The smallest absolute Gasteiger partial charge is 0.249 e. The second-order valence-electron chi connectivity index (χ2n) is 10.3. The van der Waals surface area contributed by atoms with Crippen LogP contribution in [0.25, 0.3) is 0 Å². The maximum absolute atomic E-state index is 14.1. The van der Waals surface area contributed by atoms with E-state index in [0.29, 0.717) is 30.8 Å². The Kier molecular flexibility index (Phi) is 10.5. The van der Waals surface area contributed by atoms with Crippen molar-refractivity contribution in [2.75, 3.05) is 19.6 Å². The number of rotatable bonds is 14. The molecule has 5 N–H and O–H groups in total. The molecule has 0 radical (unpaired) electrons. The fraction of sp³-hybridized carbons (Fsp3) is 0.483. The minimum Gasteiger partial charge on any atom is -0.391 e. The molecule has 3 atom stereocenters. The molecule has 1 aromatic heterocycles. The summed E-state index contributed by atoms with van der Waals surface area (Å²) in [4.78, 5) is 35.5. The van der Waals surface area contributed by atoms with Gasteiger partial charge in [0.25, 0.3) is 0 Å². The van der Waals surface area contributed by atoms with E-state index in [1.165, 1.54) is 18.5 Å². The van der Waals surface area contributed by atoms with Gasteiger partial charge >= 0.3 is 0 Å². The molecule has 8 nitrogen and oxygen atoms in total. The van der Waals surface area contributed by atoms with Gasteiger partial charge in [0.05, 0.1) is 17.8 Å². The van der Waals surface area contributed by atoms with Crippen LogP contribution in [0.5, 0.6) is 0 Å². The molecule has 1 aliphatic rings. The molecule has 212 valence electrons. The van der Waals surface area contributed by atoms with Gasteiger partial charge in [-0.1, -0.05) is 31.6 Å². The second-order valence-corrected chi connectivity index (χ2v) is 10.3. The molecule has 3 rings (SSSR count). The predicted octanol–water partition coefficient (Wildman–Crippen LogP) is 3.39. The number of aromatic amines is 1. The topological polar surface area (TPSA) is 124 Å². The highest BCUT2D eigenvalue weighted by atomic mass is 19.1. The van der Waals surface area contributed by atoms with E-state index in [2.05, 4.69) is 15.3 Å². The summed E-state index contributed by atoms with van der Waals surface area (Å²) in [6.45, 7) is 7.34. The Morgan fingerprint density at radius 2 is 1.87 bits per heavy atom. The number of hydrogen-bond donors (Lipinski definition) is 4. The summed E-state index contributed by atoms with van der Waals surface area (Å²) in [7, 11) is 0. The number of carbonyl (C=O) groups is 2. The normalized spacial score (nSPS) is 18.7. The lowest BCUT2D eigenvalue weighted by atomic mass is 9.63. The number of carbonyl (C=O) groups excluding carboxylic acids is 2. The quantitative estimate of drug-likeness (QED) is 0.291. The fourth-order valence-corrected chi connectivity index (χ4v) is 5.44. The van der Waals surface area contributed by atoms with Crippen LogP contribution in [0, 0.1) is 23.0 Å². The molecule has 0 saturated carbocycles. The molecule has 0 aliphatic heterocycles. The molecule has 2 amide bonds. The SMILES string of the molecule is CCCN(CCC)C(=O)C1=CC(C)=CC(C(N)=O)([C@H](Cc2cc(F)cc(F)c2)[C@@H](O)CNCc2cnc[nH]2)C1. The number of H-pyrrole nitrogens is 1. The molecule has 1 heterocycles. The minimum absolute atomic E-state index is 0.0253. The third-order valence-corrected chi connectivity index (χ3v) is 7.11. The van der Waals surface area contributed by atoms with Crippen LogP contribution in [-0.2, 0) is 22.6 Å². The molecular weight excluding hydrogens is 504 g/mol. The zero-order valence-electron chi connectivity index (χ0n) is 22.8. The Hall–Kier alpha value is -3.37. The molecule has 1 aromatic carbocycles. The second kappa shape index (κ2) is 13.6. The van der Waals surface area contributed by atoms with Gasteiger partial charge in [-0.05, 0) is 50.3 Å². The summed E-state index contributed by atoms with van der Waals surface area (Å²) in [6, 6.07) is 3.13. The van der Waals surface area contributed by atoms with Crippen LogP contribution in [0.15, 0.2) is 54.0 Å². The van der Waals surface area contributed by atoms with Gasteiger partial charge in [-0.15, -0.1) is 0 Å². The summed E-state index contributed by atoms with van der Waals surface area (Å²) in [6.07, 6.45) is 6.98. The van der Waals surface area contributed by atoms with Crippen LogP contribution in [-0.4, -0.2) is 57.5 Å². The number of aromatic nitrogens is 2. The fourth-order valence-electron chi connectivity index (χ4n) is 5.44. The van der Waals surface area contributed by atoms with Gasteiger partial charge in [0.15, 0.2) is 0 Å². The highest BCUT2D eigenvalue weighted by Gasteiger charge is 2.48. The molecule has 1 aliphatic carbocycles. The molecule has 1 unspecified atom stereocenters. The number of nitrogens with zero attached hydrogens (tertiary/aromatic N) is 2. The van der Waals surface area contributed by atoms with Crippen LogP contribution < -0.4 is 11.1 Å². The lowest BCUT2D eigenvalue weighted by molar-refractivity contribution is -0.132. The lowest BCUT2D eigenvalue weighted by Gasteiger charge is -2.42. The first-order valence-electron chi connectivity index (χ1n) is 13.4. The summed E-state index contributed by atoms with van der Waals surface area (Å²) >= 11 is 0. The van der Waals surface area contributed by atoms with Crippen molar-refractivity contribution in [2.45, 2.75) is 59.1 Å². The molecule has 0 saturated heterocycles. The standard InChI is InChI=1S/C29H39F2N5O3/c1-4-6-36(7-5-2)27(38)21-8-19(3)13-29(14-21,28(32)39)25(11-20-9-22(30)12-23(31)10-20)26(37)17-33-15-24-16-34-18-35-24/h8-10,12-13,16,18,25-26,33,37H,4-7,11,14-15,17H2,1-3H3,(H2,32,39)(H,34,35)/t25-,26+,29?/m1/s1. The van der Waals surface area contributed by atoms with Crippen molar-refractivity contribution in [3.8, 4) is 0 Å². The summed E-state index contributed by atoms with van der Waals surface area (Å²) in [5.74, 6) is -3.30. The average molecular weight is 544 g/mol. The summed E-state index contributed by atoms with van der Waals surface area (Å²) in [5.41, 5.74) is 6.73. The maximum atomic E-state index is 14.1. The van der Waals surface area contributed by atoms with Gasteiger partial charge in [-0.3, -0.25) is 9.59 Å². The maximum Gasteiger partial charge on any atom is 0.249 e. The number of amides is 2. The Bertz CT molecular complexity index is 1170. The Morgan fingerprint density at radius 1 is 1.21 bits per heavy atom. The first kappa shape index (κ1) is 30.2. The van der Waals surface area contributed by atoms with E-state index in [9.17, 15) is 23.5 Å².